The molecule has 1 aromatic heterocycles. The van der Waals surface area contributed by atoms with Crippen molar-refractivity contribution in [3.8, 4) is 0 Å². The minimum atomic E-state index is 0.541. The van der Waals surface area contributed by atoms with E-state index < -0.39 is 0 Å². The van der Waals surface area contributed by atoms with Crippen LogP contribution in [0.5, 0.6) is 0 Å². The Bertz CT molecular complexity index is 361. The topological polar surface area (TPSA) is 19.4 Å². The summed E-state index contributed by atoms with van der Waals surface area (Å²) in [4.78, 5) is 9.41. The summed E-state index contributed by atoms with van der Waals surface area (Å²) in [6.07, 6.45) is 1.98. The Hall–Kier alpha value is -0.870. The van der Waals surface area contributed by atoms with Crippen LogP contribution in [0.3, 0.4) is 0 Å². The van der Waals surface area contributed by atoms with Gasteiger partial charge < -0.3 is 4.90 Å². The van der Waals surface area contributed by atoms with Gasteiger partial charge in [-0.3, -0.25) is 4.90 Å². The van der Waals surface area contributed by atoms with Crippen LogP contribution in [-0.4, -0.2) is 42.1 Å². The zero-order valence-electron chi connectivity index (χ0n) is 10.0. The van der Waals surface area contributed by atoms with Crippen LogP contribution >= 0.6 is 11.3 Å². The fourth-order valence-electron chi connectivity index (χ4n) is 2.14. The van der Waals surface area contributed by atoms with Gasteiger partial charge in [-0.2, -0.15) is 0 Å². The molecule has 1 saturated heterocycles. The number of piperazine rings is 1. The van der Waals surface area contributed by atoms with Gasteiger partial charge in [0, 0.05) is 37.6 Å². The molecule has 4 heteroatoms. The molecule has 1 aliphatic rings. The molecule has 0 saturated carbocycles. The number of aromatic nitrogens is 1. The van der Waals surface area contributed by atoms with Crippen molar-refractivity contribution in [3.63, 3.8) is 0 Å². The molecule has 1 fully saturated rings. The summed E-state index contributed by atoms with van der Waals surface area (Å²) < 4.78 is 0. The third-order valence-electron chi connectivity index (χ3n) is 2.95. The van der Waals surface area contributed by atoms with Gasteiger partial charge >= 0.3 is 0 Å². The maximum absolute atomic E-state index is 4.56. The molecule has 2 heterocycles. The largest absolute Gasteiger partial charge is 0.343 e. The SMILES string of the molecule is C=CCN1CCN(c2nc(C)cs2)[C@H](C)C1. The van der Waals surface area contributed by atoms with E-state index in [2.05, 4.69) is 40.6 Å². The highest BCUT2D eigenvalue weighted by Gasteiger charge is 2.24. The lowest BCUT2D eigenvalue weighted by molar-refractivity contribution is 0.251. The van der Waals surface area contributed by atoms with E-state index in [4.69, 9.17) is 0 Å². The van der Waals surface area contributed by atoms with E-state index in [0.29, 0.717) is 6.04 Å². The van der Waals surface area contributed by atoms with Crippen LogP contribution < -0.4 is 4.90 Å². The minimum Gasteiger partial charge on any atom is -0.343 e. The number of thiazole rings is 1. The number of nitrogens with zero attached hydrogens (tertiary/aromatic N) is 3. The van der Waals surface area contributed by atoms with Crippen molar-refractivity contribution in [3.05, 3.63) is 23.7 Å². The zero-order chi connectivity index (χ0) is 11.5. The lowest BCUT2D eigenvalue weighted by Gasteiger charge is -2.39. The van der Waals surface area contributed by atoms with Crippen molar-refractivity contribution in [1.82, 2.24) is 9.88 Å². The van der Waals surface area contributed by atoms with Crippen LogP contribution in [0.4, 0.5) is 5.13 Å². The van der Waals surface area contributed by atoms with Crippen molar-refractivity contribution in [2.45, 2.75) is 19.9 Å². The van der Waals surface area contributed by atoms with Crippen molar-refractivity contribution in [1.29, 1.82) is 0 Å². The van der Waals surface area contributed by atoms with Crippen molar-refractivity contribution in [2.24, 2.45) is 0 Å². The summed E-state index contributed by atoms with van der Waals surface area (Å²) in [5.41, 5.74) is 1.13. The van der Waals surface area contributed by atoms with Crippen LogP contribution in [0.25, 0.3) is 0 Å². The Labute approximate surface area is 101 Å². The number of hydrogen-bond acceptors (Lipinski definition) is 4. The molecule has 0 aromatic carbocycles. The third kappa shape index (κ3) is 2.44. The molecule has 1 atom stereocenters. The summed E-state index contributed by atoms with van der Waals surface area (Å²) in [6.45, 7) is 12.4. The van der Waals surface area contributed by atoms with E-state index in [1.807, 2.05) is 6.08 Å². The molecule has 0 radical (unpaired) electrons. The Morgan fingerprint density at radius 3 is 3.00 bits per heavy atom. The monoisotopic (exact) mass is 237 g/mol. The number of rotatable bonds is 3. The fourth-order valence-corrected chi connectivity index (χ4v) is 3.07. The van der Waals surface area contributed by atoms with Gasteiger partial charge in [0.15, 0.2) is 5.13 Å². The maximum atomic E-state index is 4.56. The first-order valence-corrected chi connectivity index (χ1v) is 6.60. The summed E-state index contributed by atoms with van der Waals surface area (Å²) >= 11 is 1.75. The van der Waals surface area contributed by atoms with Crippen LogP contribution in [-0.2, 0) is 0 Å². The molecule has 1 aromatic rings. The van der Waals surface area contributed by atoms with Gasteiger partial charge in [0.25, 0.3) is 0 Å². The Morgan fingerprint density at radius 2 is 2.44 bits per heavy atom. The summed E-state index contributed by atoms with van der Waals surface area (Å²) in [5, 5.41) is 3.29. The highest BCUT2D eigenvalue weighted by atomic mass is 32.1. The second kappa shape index (κ2) is 4.97. The average molecular weight is 237 g/mol. The Morgan fingerprint density at radius 1 is 1.62 bits per heavy atom. The van der Waals surface area contributed by atoms with Gasteiger partial charge in [0.1, 0.15) is 0 Å². The van der Waals surface area contributed by atoms with Crippen LogP contribution in [0.1, 0.15) is 12.6 Å². The smallest absolute Gasteiger partial charge is 0.185 e. The first-order valence-electron chi connectivity index (χ1n) is 5.72. The summed E-state index contributed by atoms with van der Waals surface area (Å²) in [7, 11) is 0. The van der Waals surface area contributed by atoms with E-state index >= 15 is 0 Å². The standard InChI is InChI=1S/C12H19N3S/c1-4-5-14-6-7-15(11(3)8-14)12-13-10(2)9-16-12/h4,9,11H,1,5-8H2,2-3H3/t11-/m1/s1. The third-order valence-corrected chi connectivity index (χ3v) is 3.95. The normalized spacial score (nSPS) is 22.4. The molecule has 3 nitrogen and oxygen atoms in total. The molecule has 2 rings (SSSR count). The second-order valence-electron chi connectivity index (χ2n) is 4.36. The van der Waals surface area contributed by atoms with Crippen molar-refractivity contribution < 1.29 is 0 Å². The second-order valence-corrected chi connectivity index (χ2v) is 5.20. The highest BCUT2D eigenvalue weighted by Crippen LogP contribution is 2.24. The lowest BCUT2D eigenvalue weighted by Crippen LogP contribution is -2.51. The van der Waals surface area contributed by atoms with Crippen molar-refractivity contribution >= 4 is 16.5 Å². The highest BCUT2D eigenvalue weighted by molar-refractivity contribution is 7.13. The van der Waals surface area contributed by atoms with Crippen LogP contribution in [0, 0.1) is 6.92 Å². The van der Waals surface area contributed by atoms with E-state index in [1.54, 1.807) is 11.3 Å². The first-order chi connectivity index (χ1) is 7.70. The summed E-state index contributed by atoms with van der Waals surface area (Å²) in [5.74, 6) is 0. The van der Waals surface area contributed by atoms with E-state index in [-0.39, 0.29) is 0 Å². The molecule has 0 unspecified atom stereocenters. The predicted molar refractivity (Wildman–Crippen MR) is 70.3 cm³/mol. The first kappa shape index (κ1) is 11.6. The quantitative estimate of drug-likeness (QED) is 0.751. The molecule has 0 spiro atoms. The van der Waals surface area contributed by atoms with Gasteiger partial charge in [-0.25, -0.2) is 4.98 Å². The van der Waals surface area contributed by atoms with Gasteiger partial charge in [-0.15, -0.1) is 17.9 Å². The number of anilines is 1. The molecule has 1 aliphatic heterocycles. The van der Waals surface area contributed by atoms with Gasteiger partial charge in [-0.05, 0) is 13.8 Å². The molecule has 88 valence electrons. The number of hydrogen-bond donors (Lipinski definition) is 0. The van der Waals surface area contributed by atoms with E-state index in [0.717, 1.165) is 31.9 Å². The maximum Gasteiger partial charge on any atom is 0.185 e. The molecule has 16 heavy (non-hydrogen) atoms. The number of aryl methyl sites for hydroxylation is 1. The molecule has 0 bridgehead atoms. The van der Waals surface area contributed by atoms with Gasteiger partial charge in [0.2, 0.25) is 0 Å². The molecule has 0 aliphatic carbocycles. The molecule has 0 N–H and O–H groups in total. The van der Waals surface area contributed by atoms with Crippen LogP contribution in [0.2, 0.25) is 0 Å². The summed E-state index contributed by atoms with van der Waals surface area (Å²) in [6, 6.07) is 0.541. The van der Waals surface area contributed by atoms with Gasteiger partial charge in [0.05, 0.1) is 5.69 Å². The zero-order valence-corrected chi connectivity index (χ0v) is 10.8. The molecular formula is C12H19N3S. The van der Waals surface area contributed by atoms with Crippen LogP contribution in [0.15, 0.2) is 18.0 Å². The molecular weight excluding hydrogens is 218 g/mol. The fraction of sp³-hybridized carbons (Fsp3) is 0.583. The minimum absolute atomic E-state index is 0.541. The van der Waals surface area contributed by atoms with Gasteiger partial charge in [-0.1, -0.05) is 6.08 Å². The average Bonchev–Trinajstić information content (AvgIpc) is 2.65. The lowest BCUT2D eigenvalue weighted by atomic mass is 10.2. The predicted octanol–water partition coefficient (Wildman–Crippen LogP) is 2.15. The van der Waals surface area contributed by atoms with E-state index in [9.17, 15) is 0 Å². The van der Waals surface area contributed by atoms with Crippen molar-refractivity contribution in [2.75, 3.05) is 31.1 Å². The molecule has 0 amide bonds. The Balaban J connectivity index is 2.01. The van der Waals surface area contributed by atoms with E-state index in [1.165, 1.54) is 5.13 Å². The Kier molecular flexibility index (Phi) is 3.61.